The van der Waals surface area contributed by atoms with E-state index in [1.807, 2.05) is 48.6 Å². The lowest BCUT2D eigenvalue weighted by atomic mass is 10.2. The van der Waals surface area contributed by atoms with Gasteiger partial charge in [0.2, 0.25) is 11.3 Å². The summed E-state index contributed by atoms with van der Waals surface area (Å²) in [5, 5.41) is 39.5. The van der Waals surface area contributed by atoms with Gasteiger partial charge in [-0.2, -0.15) is 20.2 Å². The Morgan fingerprint density at radius 2 is 1.24 bits per heavy atom. The van der Waals surface area contributed by atoms with E-state index in [9.17, 15) is 19.8 Å². The number of hydrogen-bond donors (Lipinski definition) is 6. The van der Waals surface area contributed by atoms with E-state index in [4.69, 9.17) is 28.5 Å². The van der Waals surface area contributed by atoms with Gasteiger partial charge in [0.15, 0.2) is 11.2 Å². The number of hydrogen-bond acceptors (Lipinski definition) is 21. The number of anilines is 6. The third kappa shape index (κ3) is 11.0. The number of carbonyl (C=O) groups is 2. The zero-order chi connectivity index (χ0) is 50.5. The van der Waals surface area contributed by atoms with Crippen LogP contribution >= 0.6 is 0 Å². The number of β-amino-alcohol motifs (C(OH)–C–C–N with tert-alkyl or cyclic N) is 1. The summed E-state index contributed by atoms with van der Waals surface area (Å²) in [6.07, 6.45) is 9.52. The summed E-state index contributed by atoms with van der Waals surface area (Å²) in [6.45, 7) is 7.37. The van der Waals surface area contributed by atoms with Crippen molar-refractivity contribution in [2.75, 3.05) is 123 Å². The molecule has 0 atom stereocenters. The number of nitrogens with one attached hydrogen (secondary N) is 4. The van der Waals surface area contributed by atoms with Gasteiger partial charge >= 0.3 is 0 Å². The molecule has 384 valence electrons. The minimum absolute atomic E-state index is 0.0712. The fourth-order valence-corrected chi connectivity index (χ4v) is 9.11. The molecule has 3 fully saturated rings. The van der Waals surface area contributed by atoms with E-state index in [1.54, 1.807) is 46.0 Å². The van der Waals surface area contributed by atoms with Crippen LogP contribution in [0.2, 0.25) is 0 Å². The lowest BCUT2D eigenvalue weighted by molar-refractivity contribution is 0.0763. The van der Waals surface area contributed by atoms with Crippen molar-refractivity contribution in [2.45, 2.75) is 25.6 Å². The van der Waals surface area contributed by atoms with Crippen molar-refractivity contribution in [1.82, 2.24) is 59.3 Å². The summed E-state index contributed by atoms with van der Waals surface area (Å²) in [5.74, 6) is 0.917. The molecule has 25 heteroatoms. The molecule has 0 bridgehead atoms. The van der Waals surface area contributed by atoms with Gasteiger partial charge in [-0.05, 0) is 37.1 Å². The van der Waals surface area contributed by atoms with Crippen LogP contribution in [0.3, 0.4) is 0 Å². The molecule has 1 aliphatic carbocycles. The van der Waals surface area contributed by atoms with Gasteiger partial charge < -0.3 is 54.9 Å². The van der Waals surface area contributed by atoms with Crippen molar-refractivity contribution >= 4 is 69.6 Å². The summed E-state index contributed by atoms with van der Waals surface area (Å²) in [7, 11) is 1.83. The third-order valence-corrected chi connectivity index (χ3v) is 13.0. The molecule has 0 unspecified atom stereocenters. The van der Waals surface area contributed by atoms with E-state index in [1.165, 1.54) is 12.8 Å². The van der Waals surface area contributed by atoms with Crippen molar-refractivity contribution in [1.29, 1.82) is 0 Å². The molecule has 2 saturated heterocycles. The number of ether oxygens (including phenoxy) is 1. The van der Waals surface area contributed by atoms with Gasteiger partial charge in [-0.15, -0.1) is 0 Å². The molecule has 11 rings (SSSR count). The highest BCUT2D eigenvalue weighted by atomic mass is 16.5. The third-order valence-electron chi connectivity index (χ3n) is 13.0. The fraction of sp³-hybridized carbons (Fsp3) is 0.388. The van der Waals surface area contributed by atoms with Crippen molar-refractivity contribution < 1.29 is 33.4 Å². The summed E-state index contributed by atoms with van der Waals surface area (Å²) >= 11 is 0. The number of piperazine rings is 2. The quantitative estimate of drug-likeness (QED) is 0.0598. The Bertz CT molecular complexity index is 3260. The number of aryl methyl sites for hydroxylation is 1. The predicted molar refractivity (Wildman–Crippen MR) is 274 cm³/mol. The number of aromatic nitrogens is 10. The van der Waals surface area contributed by atoms with Crippen LogP contribution in [0, 0.1) is 0 Å². The Kier molecular flexibility index (Phi) is 14.0. The summed E-state index contributed by atoms with van der Waals surface area (Å²) in [5.41, 5.74) is 4.83. The Morgan fingerprint density at radius 3 is 1.80 bits per heavy atom. The molecule has 1 saturated carbocycles. The van der Waals surface area contributed by atoms with Crippen LogP contribution in [0.5, 0.6) is 0 Å². The van der Waals surface area contributed by atoms with Crippen LogP contribution in [-0.2, 0) is 18.5 Å². The maximum Gasteiger partial charge on any atom is 0.297 e. The molecule has 2 amide bonds. The largest absolute Gasteiger partial charge is 0.422 e. The average Bonchev–Trinajstić information content (AvgIpc) is 3.68. The van der Waals surface area contributed by atoms with E-state index in [0.29, 0.717) is 114 Å². The van der Waals surface area contributed by atoms with Crippen LogP contribution in [0.15, 0.2) is 82.2 Å². The Hall–Kier alpha value is -8.10. The maximum atomic E-state index is 14.1. The molecule has 2 aliphatic heterocycles. The molecule has 8 aromatic heterocycles. The summed E-state index contributed by atoms with van der Waals surface area (Å²) in [6, 6.07) is 15.2. The van der Waals surface area contributed by atoms with Gasteiger partial charge in [0.05, 0.1) is 54.7 Å². The molecule has 25 nitrogen and oxygen atoms in total. The normalized spacial score (nSPS) is 15.6. The second-order valence-corrected chi connectivity index (χ2v) is 18.2. The molecular weight excluding hydrogens is 953 g/mol. The summed E-state index contributed by atoms with van der Waals surface area (Å²) < 4.78 is 21.2. The molecule has 74 heavy (non-hydrogen) atoms. The minimum atomic E-state index is -0.402. The number of rotatable bonds is 20. The van der Waals surface area contributed by atoms with Crippen LogP contribution in [0.1, 0.15) is 33.6 Å². The van der Waals surface area contributed by atoms with Gasteiger partial charge in [-0.1, -0.05) is 12.1 Å². The first-order chi connectivity index (χ1) is 36.2. The number of oxazole rings is 2. The highest BCUT2D eigenvalue weighted by molar-refractivity contribution is 6.09. The SMILES string of the molecule is Cn1cc(-c2cccc(NC(=O)c3cc4oc(NCCOCn5cc(-c6cccc(NC(=O)c7cc8oc(NCCO)nc8nc7N7CCN(C8CC8)CC7)n6)cn5)nc4nc3N3CCN(CCO)CC3)n2)cn1. The first-order valence-corrected chi connectivity index (χ1v) is 24.7. The van der Waals surface area contributed by atoms with E-state index in [-0.39, 0.29) is 45.1 Å². The van der Waals surface area contributed by atoms with E-state index in [2.05, 4.69) is 61.1 Å². The molecule has 8 aromatic rings. The molecule has 3 aliphatic rings. The smallest absolute Gasteiger partial charge is 0.297 e. The van der Waals surface area contributed by atoms with E-state index in [0.717, 1.165) is 37.3 Å². The highest BCUT2D eigenvalue weighted by Crippen LogP contribution is 2.32. The molecule has 10 heterocycles. The second-order valence-electron chi connectivity index (χ2n) is 18.2. The van der Waals surface area contributed by atoms with Gasteiger partial charge in [0, 0.05) is 121 Å². The van der Waals surface area contributed by atoms with Crippen LogP contribution < -0.4 is 31.1 Å². The van der Waals surface area contributed by atoms with Crippen molar-refractivity contribution in [2.24, 2.45) is 7.05 Å². The van der Waals surface area contributed by atoms with Crippen LogP contribution in [-0.4, -0.2) is 179 Å². The van der Waals surface area contributed by atoms with Crippen molar-refractivity contribution in [3.8, 4) is 22.5 Å². The first-order valence-electron chi connectivity index (χ1n) is 24.7. The fourth-order valence-electron chi connectivity index (χ4n) is 9.11. The lowest BCUT2D eigenvalue weighted by Crippen LogP contribution is -2.48. The summed E-state index contributed by atoms with van der Waals surface area (Å²) in [4.78, 5) is 65.0. The lowest BCUT2D eigenvalue weighted by Gasteiger charge is -2.36. The van der Waals surface area contributed by atoms with Gasteiger partial charge in [0.25, 0.3) is 23.8 Å². The number of pyridine rings is 4. The Labute approximate surface area is 423 Å². The zero-order valence-electron chi connectivity index (χ0n) is 40.7. The number of aliphatic hydroxyl groups is 2. The minimum Gasteiger partial charge on any atom is -0.422 e. The zero-order valence-corrected chi connectivity index (χ0v) is 40.7. The standard InChI is InChI=1S/C49H56N18O7/c1-62-28-31(26-52-62)36-4-2-6-40(54-36)56-46(70)34-24-39-43(58-44(34)65-14-12-63(13-15-65)20-22-69)61-49(74-39)51-11-23-72-30-67-29-32(27-53-67)37-5-3-7-41(55-37)57-47(71)35-25-38-42(60-48(73-38)50-10-21-68)59-45(35)66-18-16-64(17-19-66)33-8-9-33/h2-7,24-29,33,68-69H,8-23,30H2,1H3,(H,50,59,60)(H,51,58,61)(H,54,56,70)(H,55,57,71). The monoisotopic (exact) mass is 1010 g/mol. The van der Waals surface area contributed by atoms with Crippen LogP contribution in [0.4, 0.5) is 35.3 Å². The number of fused-ring (bicyclic) bond motifs is 2. The van der Waals surface area contributed by atoms with E-state index >= 15 is 0 Å². The number of aliphatic hydroxyl groups excluding tert-OH is 2. The maximum absolute atomic E-state index is 14.1. The predicted octanol–water partition coefficient (Wildman–Crippen LogP) is 3.21. The van der Waals surface area contributed by atoms with E-state index < -0.39 is 11.8 Å². The molecule has 0 aromatic carbocycles. The highest BCUT2D eigenvalue weighted by Gasteiger charge is 2.33. The van der Waals surface area contributed by atoms with Crippen molar-refractivity contribution in [3.05, 3.63) is 84.4 Å². The molecule has 0 radical (unpaired) electrons. The Morgan fingerprint density at radius 1 is 0.676 bits per heavy atom. The first kappa shape index (κ1) is 48.2. The van der Waals surface area contributed by atoms with Crippen molar-refractivity contribution in [3.63, 3.8) is 0 Å². The molecule has 0 spiro atoms. The second kappa shape index (κ2) is 21.5. The van der Waals surface area contributed by atoms with Gasteiger partial charge in [-0.25, -0.2) is 24.6 Å². The average molecular weight is 1010 g/mol. The van der Waals surface area contributed by atoms with Gasteiger partial charge in [-0.3, -0.25) is 24.1 Å². The number of carbonyl (C=O) groups excluding carboxylic acids is 2. The topological polar surface area (TPSA) is 284 Å². The number of nitrogens with zero attached hydrogens (tertiary/aromatic N) is 14. The molecular formula is C49H56N18O7. The Balaban J connectivity index is 0.717. The number of amides is 2. The van der Waals surface area contributed by atoms with Crippen LogP contribution in [0.25, 0.3) is 45.0 Å². The molecule has 6 N–H and O–H groups in total. The van der Waals surface area contributed by atoms with Gasteiger partial charge in [0.1, 0.15) is 30.0 Å².